The summed E-state index contributed by atoms with van der Waals surface area (Å²) in [7, 11) is 2.76. The maximum atomic E-state index is 11.5. The Bertz CT molecular complexity index is 884. The minimum absolute atomic E-state index is 0.0698. The SMILES string of the molecule is COC(=O)C1(CO)CC1.COC(=O)C1(COc2ccc(Br)cc2)CC1.Oc1ccc(Br)cc1. The fraction of sp³-hybridized carbons (Fsp3) is 0.417. The first-order chi connectivity index (χ1) is 15.7. The molecule has 2 aromatic carbocycles. The Morgan fingerprint density at radius 2 is 1.24 bits per heavy atom. The fourth-order valence-corrected chi connectivity index (χ4v) is 3.29. The molecule has 0 radical (unpaired) electrons. The van der Waals surface area contributed by atoms with Crippen LogP contribution in [-0.2, 0) is 19.1 Å². The highest BCUT2D eigenvalue weighted by atomic mass is 79.9. The highest BCUT2D eigenvalue weighted by molar-refractivity contribution is 9.10. The van der Waals surface area contributed by atoms with Crippen LogP contribution in [0, 0.1) is 10.8 Å². The van der Waals surface area contributed by atoms with Gasteiger partial charge in [-0.2, -0.15) is 0 Å². The number of aromatic hydroxyl groups is 1. The lowest BCUT2D eigenvalue weighted by atomic mass is 10.1. The summed E-state index contributed by atoms with van der Waals surface area (Å²) >= 11 is 6.59. The second-order valence-corrected chi connectivity index (χ2v) is 9.75. The van der Waals surface area contributed by atoms with Gasteiger partial charge in [-0.25, -0.2) is 0 Å². The van der Waals surface area contributed by atoms with Crippen molar-refractivity contribution in [1.82, 2.24) is 0 Å². The van der Waals surface area contributed by atoms with Crippen LogP contribution in [-0.4, -0.2) is 49.6 Å². The van der Waals surface area contributed by atoms with Gasteiger partial charge in [0.2, 0.25) is 0 Å². The van der Waals surface area contributed by atoms with Crippen molar-refractivity contribution in [2.75, 3.05) is 27.4 Å². The van der Waals surface area contributed by atoms with Crippen molar-refractivity contribution in [3.8, 4) is 11.5 Å². The van der Waals surface area contributed by atoms with Crippen molar-refractivity contribution in [1.29, 1.82) is 0 Å². The van der Waals surface area contributed by atoms with Crippen LogP contribution in [0.15, 0.2) is 57.5 Å². The van der Waals surface area contributed by atoms with Crippen molar-refractivity contribution in [3.63, 3.8) is 0 Å². The monoisotopic (exact) mass is 586 g/mol. The predicted molar refractivity (Wildman–Crippen MR) is 130 cm³/mol. The number of ether oxygens (including phenoxy) is 3. The molecule has 0 aliphatic heterocycles. The zero-order valence-electron chi connectivity index (χ0n) is 18.6. The van der Waals surface area contributed by atoms with Crippen LogP contribution in [0.1, 0.15) is 25.7 Å². The maximum absolute atomic E-state index is 11.5. The molecule has 0 atom stereocenters. The van der Waals surface area contributed by atoms with E-state index in [0.717, 1.165) is 40.4 Å². The van der Waals surface area contributed by atoms with Gasteiger partial charge >= 0.3 is 11.9 Å². The van der Waals surface area contributed by atoms with Crippen molar-refractivity contribution in [3.05, 3.63) is 57.5 Å². The number of aliphatic hydroxyl groups is 1. The number of benzene rings is 2. The van der Waals surface area contributed by atoms with Crippen molar-refractivity contribution in [2.24, 2.45) is 10.8 Å². The van der Waals surface area contributed by atoms with Gasteiger partial charge in [0.25, 0.3) is 0 Å². The van der Waals surface area contributed by atoms with E-state index in [2.05, 4.69) is 36.6 Å². The molecule has 0 heterocycles. The van der Waals surface area contributed by atoms with Crippen LogP contribution in [0.3, 0.4) is 0 Å². The third-order valence-corrected chi connectivity index (χ3v) is 6.46. The van der Waals surface area contributed by atoms with Crippen LogP contribution in [0.25, 0.3) is 0 Å². The molecule has 2 saturated carbocycles. The number of phenols is 1. The van der Waals surface area contributed by atoms with Gasteiger partial charge in [0, 0.05) is 8.95 Å². The minimum Gasteiger partial charge on any atom is -0.508 e. The lowest BCUT2D eigenvalue weighted by Crippen LogP contribution is -2.24. The molecule has 2 aliphatic rings. The number of hydrogen-bond donors (Lipinski definition) is 2. The van der Waals surface area contributed by atoms with Crippen LogP contribution in [0.2, 0.25) is 0 Å². The van der Waals surface area contributed by atoms with Gasteiger partial charge in [0.05, 0.1) is 26.2 Å². The smallest absolute Gasteiger partial charge is 0.315 e. The molecule has 9 heteroatoms. The minimum atomic E-state index is -0.505. The summed E-state index contributed by atoms with van der Waals surface area (Å²) in [5.41, 5.74) is -0.892. The van der Waals surface area contributed by atoms with Crippen LogP contribution in [0.5, 0.6) is 11.5 Å². The van der Waals surface area contributed by atoms with Gasteiger partial charge in [-0.05, 0) is 74.2 Å². The van der Waals surface area contributed by atoms with Crippen LogP contribution < -0.4 is 4.74 Å². The Morgan fingerprint density at radius 3 is 1.58 bits per heavy atom. The molecule has 0 saturated heterocycles. The first-order valence-electron chi connectivity index (χ1n) is 10.3. The second kappa shape index (κ2) is 12.4. The summed E-state index contributed by atoms with van der Waals surface area (Å²) in [5.74, 6) is 0.640. The summed E-state index contributed by atoms with van der Waals surface area (Å²) in [4.78, 5) is 22.2. The summed E-state index contributed by atoms with van der Waals surface area (Å²) < 4.78 is 16.8. The molecule has 2 fully saturated rings. The predicted octanol–water partition coefficient (Wildman–Crippen LogP) is 4.87. The molecular weight excluding hydrogens is 560 g/mol. The van der Waals surface area contributed by atoms with E-state index in [9.17, 15) is 9.59 Å². The van der Waals surface area contributed by atoms with Gasteiger partial charge in [0.1, 0.15) is 23.5 Å². The van der Waals surface area contributed by atoms with E-state index in [1.54, 1.807) is 24.3 Å². The van der Waals surface area contributed by atoms with E-state index in [1.165, 1.54) is 14.2 Å². The molecule has 0 bridgehead atoms. The first kappa shape index (κ1) is 27.1. The van der Waals surface area contributed by atoms with E-state index in [4.69, 9.17) is 19.7 Å². The van der Waals surface area contributed by atoms with E-state index < -0.39 is 5.41 Å². The number of carbonyl (C=O) groups is 2. The number of esters is 2. The molecular formula is C24H28Br2O7. The van der Waals surface area contributed by atoms with E-state index >= 15 is 0 Å². The Kier molecular flexibility index (Phi) is 10.2. The average molecular weight is 588 g/mol. The van der Waals surface area contributed by atoms with E-state index in [1.807, 2.05) is 24.3 Å². The molecule has 0 spiro atoms. The number of halogens is 2. The third kappa shape index (κ3) is 8.32. The Balaban J connectivity index is 0.000000192. The summed E-state index contributed by atoms with van der Waals surface area (Å²) in [5, 5.41) is 17.4. The number of aliphatic hydroxyl groups excluding tert-OH is 1. The summed E-state index contributed by atoms with van der Waals surface area (Å²) in [6, 6.07) is 14.4. The Hall–Kier alpha value is -2.10. The van der Waals surface area contributed by atoms with Gasteiger partial charge in [-0.15, -0.1) is 0 Å². The molecule has 4 rings (SSSR count). The fourth-order valence-electron chi connectivity index (χ4n) is 2.76. The summed E-state index contributed by atoms with van der Waals surface area (Å²) in [6.07, 6.45) is 3.26. The standard InChI is InChI=1S/C12H13BrO3.C6H5BrO.C6H10O3/c1-15-11(14)12(6-7-12)8-16-10-4-2-9(13)3-5-10;7-5-1-3-6(8)4-2-5;1-9-5(8)6(4-7)2-3-6/h2-5H,6-8H2,1H3;1-4,8H;7H,2-4H2,1H3. The maximum Gasteiger partial charge on any atom is 0.315 e. The van der Waals surface area contributed by atoms with Gasteiger partial charge in [-0.3, -0.25) is 9.59 Å². The molecule has 7 nitrogen and oxygen atoms in total. The van der Waals surface area contributed by atoms with Crippen LogP contribution in [0.4, 0.5) is 0 Å². The second-order valence-electron chi connectivity index (χ2n) is 7.92. The molecule has 2 aromatic rings. The molecule has 0 unspecified atom stereocenters. The lowest BCUT2D eigenvalue weighted by molar-refractivity contribution is -0.149. The first-order valence-corrected chi connectivity index (χ1v) is 11.9. The molecule has 2 aliphatic carbocycles. The number of carbonyl (C=O) groups excluding carboxylic acids is 2. The Labute approximate surface area is 210 Å². The molecule has 0 amide bonds. The molecule has 0 aromatic heterocycles. The van der Waals surface area contributed by atoms with E-state index in [-0.39, 0.29) is 24.0 Å². The van der Waals surface area contributed by atoms with Gasteiger partial charge < -0.3 is 24.4 Å². The normalized spacial score (nSPS) is 16.0. The lowest BCUT2D eigenvalue weighted by Gasteiger charge is -2.13. The number of rotatable bonds is 6. The third-order valence-electron chi connectivity index (χ3n) is 5.40. The topological polar surface area (TPSA) is 102 Å². The average Bonchev–Trinajstić information content (AvgIpc) is 3.76. The molecule has 2 N–H and O–H groups in total. The number of phenolic OH excluding ortho intramolecular Hbond substituents is 1. The highest BCUT2D eigenvalue weighted by Gasteiger charge is 2.52. The Morgan fingerprint density at radius 1 is 0.818 bits per heavy atom. The van der Waals surface area contributed by atoms with Crippen molar-refractivity contribution >= 4 is 43.8 Å². The summed E-state index contributed by atoms with van der Waals surface area (Å²) in [6.45, 7) is 0.334. The quantitative estimate of drug-likeness (QED) is 0.465. The zero-order chi connectivity index (χ0) is 24.5. The van der Waals surface area contributed by atoms with E-state index in [0.29, 0.717) is 12.4 Å². The largest absolute Gasteiger partial charge is 0.508 e. The zero-order valence-corrected chi connectivity index (χ0v) is 21.7. The highest BCUT2D eigenvalue weighted by Crippen LogP contribution is 2.47. The number of methoxy groups -OCH3 is 2. The van der Waals surface area contributed by atoms with Crippen LogP contribution >= 0.6 is 31.9 Å². The number of hydrogen-bond acceptors (Lipinski definition) is 7. The van der Waals surface area contributed by atoms with Crippen molar-refractivity contribution in [2.45, 2.75) is 25.7 Å². The van der Waals surface area contributed by atoms with Gasteiger partial charge in [0.15, 0.2) is 0 Å². The molecule has 33 heavy (non-hydrogen) atoms. The molecule has 180 valence electrons. The van der Waals surface area contributed by atoms with Gasteiger partial charge in [-0.1, -0.05) is 31.9 Å². The van der Waals surface area contributed by atoms with Crippen molar-refractivity contribution < 1.29 is 34.0 Å².